The number of nitrogens with zero attached hydrogens (tertiary/aromatic N) is 2. The maximum absolute atomic E-state index is 14.6. The monoisotopic (exact) mass is 465 g/mol. The first-order valence-corrected chi connectivity index (χ1v) is 9.87. The number of halogens is 5. The Bertz CT molecular complexity index is 1340. The number of aromatic amines is 1. The van der Waals surface area contributed by atoms with Crippen LogP contribution in [0.2, 0.25) is 5.02 Å². The molecule has 5 nitrogen and oxygen atoms in total. The first-order valence-electron chi connectivity index (χ1n) is 9.50. The van der Waals surface area contributed by atoms with E-state index in [0.29, 0.717) is 16.5 Å². The van der Waals surface area contributed by atoms with Crippen molar-refractivity contribution in [1.82, 2.24) is 14.8 Å². The number of hydrogen-bond acceptors (Lipinski definition) is 3. The van der Waals surface area contributed by atoms with Gasteiger partial charge in [-0.15, -0.1) is 0 Å². The van der Waals surface area contributed by atoms with Crippen molar-refractivity contribution in [3.05, 3.63) is 64.6 Å². The second kappa shape index (κ2) is 7.98. The Kier molecular flexibility index (Phi) is 5.46. The van der Waals surface area contributed by atoms with Gasteiger partial charge in [0.1, 0.15) is 5.82 Å². The van der Waals surface area contributed by atoms with Crippen LogP contribution in [0.5, 0.6) is 0 Å². The van der Waals surface area contributed by atoms with Crippen LogP contribution in [0.25, 0.3) is 33.4 Å². The number of fused-ring (bicyclic) bond motifs is 1. The Morgan fingerprint density at radius 2 is 1.94 bits per heavy atom. The molecular weight excluding hydrogens is 450 g/mol. The summed E-state index contributed by atoms with van der Waals surface area (Å²) in [5.74, 6) is -1.31. The quantitative estimate of drug-likeness (QED) is 0.287. The van der Waals surface area contributed by atoms with E-state index in [1.165, 1.54) is 25.2 Å². The summed E-state index contributed by atoms with van der Waals surface area (Å²) in [4.78, 5) is 15.8. The molecule has 2 aromatic carbocycles. The smallest absolute Gasteiger partial charge is 0.435 e. The average molecular weight is 466 g/mol. The molecule has 0 amide bonds. The van der Waals surface area contributed by atoms with Gasteiger partial charge in [0.05, 0.1) is 23.6 Å². The Morgan fingerprint density at radius 1 is 1.19 bits per heavy atom. The molecule has 4 aromatic rings. The predicted octanol–water partition coefficient (Wildman–Crippen LogP) is 6.22. The number of esters is 1. The molecule has 2 heterocycles. The summed E-state index contributed by atoms with van der Waals surface area (Å²) < 4.78 is 60.1. The van der Waals surface area contributed by atoms with Crippen molar-refractivity contribution in [3.8, 4) is 22.5 Å². The van der Waals surface area contributed by atoms with E-state index >= 15 is 0 Å². The standard InChI is InChI=1S/C22H16ClF4N3O2/c1-3-32-21(31)19-14-8-11(17-10-18(22(25,26)27)29-30(17)2)4-7-16(14)28-20(19)13-9-12(23)5-6-15(13)24/h4-10,28H,3H2,1-2H3. The summed E-state index contributed by atoms with van der Waals surface area (Å²) in [6, 6.07) is 9.59. The van der Waals surface area contributed by atoms with Crippen LogP contribution >= 0.6 is 11.6 Å². The number of benzene rings is 2. The number of hydrogen-bond donors (Lipinski definition) is 1. The van der Waals surface area contributed by atoms with E-state index in [2.05, 4.69) is 10.1 Å². The number of ether oxygens (including phenoxy) is 1. The number of H-pyrrole nitrogens is 1. The molecule has 0 fully saturated rings. The van der Waals surface area contributed by atoms with Gasteiger partial charge in [-0.2, -0.15) is 18.3 Å². The minimum atomic E-state index is -4.60. The van der Waals surface area contributed by atoms with Crippen LogP contribution in [0, 0.1) is 5.82 Å². The zero-order valence-electron chi connectivity index (χ0n) is 16.8. The van der Waals surface area contributed by atoms with Crippen LogP contribution < -0.4 is 0 Å². The van der Waals surface area contributed by atoms with Crippen molar-refractivity contribution < 1.29 is 27.1 Å². The van der Waals surface area contributed by atoms with Gasteiger partial charge in [0, 0.05) is 34.1 Å². The summed E-state index contributed by atoms with van der Waals surface area (Å²) in [5, 5.41) is 4.16. The Morgan fingerprint density at radius 3 is 2.59 bits per heavy atom. The molecule has 0 saturated heterocycles. The van der Waals surface area contributed by atoms with E-state index in [9.17, 15) is 22.4 Å². The molecule has 1 N–H and O–H groups in total. The minimum Gasteiger partial charge on any atom is -0.462 e. The summed E-state index contributed by atoms with van der Waals surface area (Å²) >= 11 is 6.02. The largest absolute Gasteiger partial charge is 0.462 e. The second-order valence-electron chi connectivity index (χ2n) is 7.02. The fourth-order valence-electron chi connectivity index (χ4n) is 3.53. The van der Waals surface area contributed by atoms with Gasteiger partial charge in [0.15, 0.2) is 5.69 Å². The third-order valence-corrected chi connectivity index (χ3v) is 5.18. The van der Waals surface area contributed by atoms with E-state index in [4.69, 9.17) is 16.3 Å². The molecule has 166 valence electrons. The van der Waals surface area contributed by atoms with E-state index in [1.807, 2.05) is 0 Å². The van der Waals surface area contributed by atoms with E-state index in [0.717, 1.165) is 10.7 Å². The van der Waals surface area contributed by atoms with Crippen molar-refractivity contribution in [2.45, 2.75) is 13.1 Å². The van der Waals surface area contributed by atoms with Crippen LogP contribution in [-0.2, 0) is 18.0 Å². The summed E-state index contributed by atoms with van der Waals surface area (Å²) in [7, 11) is 1.39. The molecule has 0 radical (unpaired) electrons. The van der Waals surface area contributed by atoms with Gasteiger partial charge in [-0.05, 0) is 43.3 Å². The fraction of sp³-hybridized carbons (Fsp3) is 0.182. The number of alkyl halides is 3. The third-order valence-electron chi connectivity index (χ3n) is 4.94. The van der Waals surface area contributed by atoms with Crippen LogP contribution in [0.3, 0.4) is 0 Å². The predicted molar refractivity (Wildman–Crippen MR) is 112 cm³/mol. The third kappa shape index (κ3) is 3.84. The number of aryl methyl sites for hydroxylation is 1. The van der Waals surface area contributed by atoms with Gasteiger partial charge in [-0.1, -0.05) is 17.7 Å². The molecule has 0 spiro atoms. The van der Waals surface area contributed by atoms with Gasteiger partial charge in [-0.25, -0.2) is 9.18 Å². The van der Waals surface area contributed by atoms with Crippen molar-refractivity contribution in [2.24, 2.45) is 7.05 Å². The average Bonchev–Trinajstić information content (AvgIpc) is 3.30. The Labute approximate surface area is 184 Å². The molecular formula is C22H16ClF4N3O2. The van der Waals surface area contributed by atoms with E-state index in [-0.39, 0.29) is 34.1 Å². The molecule has 0 unspecified atom stereocenters. The first-order chi connectivity index (χ1) is 15.1. The lowest BCUT2D eigenvalue weighted by atomic mass is 10.0. The van der Waals surface area contributed by atoms with Gasteiger partial charge in [-0.3, -0.25) is 4.68 Å². The molecule has 0 aliphatic carbocycles. The molecule has 0 aliphatic rings. The molecule has 2 aromatic heterocycles. The molecule has 10 heteroatoms. The number of rotatable bonds is 4. The molecule has 0 atom stereocenters. The lowest BCUT2D eigenvalue weighted by Gasteiger charge is -2.07. The SMILES string of the molecule is CCOC(=O)c1c(-c2cc(Cl)ccc2F)[nH]c2ccc(-c3cc(C(F)(F)F)nn3C)cc12. The summed E-state index contributed by atoms with van der Waals surface area (Å²) in [6.45, 7) is 1.71. The zero-order valence-corrected chi connectivity index (χ0v) is 17.6. The van der Waals surface area contributed by atoms with Crippen molar-refractivity contribution in [3.63, 3.8) is 0 Å². The highest BCUT2D eigenvalue weighted by Gasteiger charge is 2.35. The lowest BCUT2D eigenvalue weighted by Crippen LogP contribution is -2.06. The summed E-state index contributed by atoms with van der Waals surface area (Å²) in [5.41, 5.74) is 0.329. The number of nitrogens with one attached hydrogen (secondary N) is 1. The molecule has 0 bridgehead atoms. The van der Waals surface area contributed by atoms with Crippen LogP contribution in [0.15, 0.2) is 42.5 Å². The van der Waals surface area contributed by atoms with E-state index < -0.39 is 23.7 Å². The van der Waals surface area contributed by atoms with Crippen LogP contribution in [0.1, 0.15) is 23.0 Å². The van der Waals surface area contributed by atoms with E-state index in [1.54, 1.807) is 25.1 Å². The molecule has 32 heavy (non-hydrogen) atoms. The normalized spacial score (nSPS) is 11.8. The van der Waals surface area contributed by atoms with Crippen molar-refractivity contribution >= 4 is 28.5 Å². The highest BCUT2D eigenvalue weighted by molar-refractivity contribution is 6.31. The maximum Gasteiger partial charge on any atom is 0.435 e. The van der Waals surface area contributed by atoms with Gasteiger partial charge in [0.25, 0.3) is 0 Å². The molecule has 0 aliphatic heterocycles. The number of aromatic nitrogens is 3. The van der Waals surface area contributed by atoms with Gasteiger partial charge in [0.2, 0.25) is 0 Å². The van der Waals surface area contributed by atoms with Crippen molar-refractivity contribution in [2.75, 3.05) is 6.61 Å². The number of carbonyl (C=O) groups is 1. The van der Waals surface area contributed by atoms with Crippen molar-refractivity contribution in [1.29, 1.82) is 0 Å². The zero-order chi connectivity index (χ0) is 23.2. The van der Waals surface area contributed by atoms with Gasteiger partial charge >= 0.3 is 12.1 Å². The Balaban J connectivity index is 1.95. The molecule has 0 saturated carbocycles. The lowest BCUT2D eigenvalue weighted by molar-refractivity contribution is -0.141. The van der Waals surface area contributed by atoms with Gasteiger partial charge < -0.3 is 9.72 Å². The Hall–Kier alpha value is -3.33. The highest BCUT2D eigenvalue weighted by atomic mass is 35.5. The topological polar surface area (TPSA) is 59.9 Å². The molecule has 4 rings (SSSR count). The van der Waals surface area contributed by atoms with Crippen LogP contribution in [0.4, 0.5) is 17.6 Å². The summed E-state index contributed by atoms with van der Waals surface area (Å²) in [6.07, 6.45) is -4.60. The minimum absolute atomic E-state index is 0.0584. The second-order valence-corrected chi connectivity index (χ2v) is 7.45. The van der Waals surface area contributed by atoms with Crippen LogP contribution in [-0.4, -0.2) is 27.3 Å². The fourth-order valence-corrected chi connectivity index (χ4v) is 3.71. The highest BCUT2D eigenvalue weighted by Crippen LogP contribution is 2.37. The maximum atomic E-state index is 14.6. The first kappa shape index (κ1) is 21.9. The number of carbonyl (C=O) groups excluding carboxylic acids is 1.